The number of carbonyl (C=O) groups is 3. The molecule has 8 nitrogen and oxygen atoms in total. The van der Waals surface area contributed by atoms with Gasteiger partial charge >= 0.3 is 0 Å². The van der Waals surface area contributed by atoms with Crippen molar-refractivity contribution in [3.8, 4) is 0 Å². The molecule has 3 rings (SSSR count). The number of non-ortho nitro benzene ring substituents is 1. The summed E-state index contributed by atoms with van der Waals surface area (Å²) < 4.78 is 0. The van der Waals surface area contributed by atoms with Gasteiger partial charge in [0.15, 0.2) is 0 Å². The molecule has 0 radical (unpaired) electrons. The first-order chi connectivity index (χ1) is 13.3. The normalized spacial score (nSPS) is 15.2. The van der Waals surface area contributed by atoms with Crippen LogP contribution in [0.25, 0.3) is 6.08 Å². The zero-order chi connectivity index (χ0) is 20.3. The van der Waals surface area contributed by atoms with Crippen molar-refractivity contribution in [2.45, 2.75) is 6.92 Å². The van der Waals surface area contributed by atoms with Crippen LogP contribution in [-0.2, 0) is 9.59 Å². The molecule has 1 fully saturated rings. The van der Waals surface area contributed by atoms with Crippen LogP contribution in [0.1, 0.15) is 11.1 Å². The molecule has 1 saturated heterocycles. The molecule has 2 aromatic carbocycles. The molecule has 0 bridgehead atoms. The Kier molecular flexibility index (Phi) is 5.55. The van der Waals surface area contributed by atoms with Gasteiger partial charge in [0.1, 0.15) is 6.54 Å². The molecule has 0 aliphatic carbocycles. The molecular formula is C19H15N3O5S. The van der Waals surface area contributed by atoms with Gasteiger partial charge in [-0.15, -0.1) is 0 Å². The summed E-state index contributed by atoms with van der Waals surface area (Å²) in [6.07, 6.45) is 1.60. The van der Waals surface area contributed by atoms with Crippen molar-refractivity contribution < 1.29 is 19.3 Å². The molecule has 28 heavy (non-hydrogen) atoms. The molecule has 0 unspecified atom stereocenters. The maximum Gasteiger partial charge on any atom is 0.294 e. The lowest BCUT2D eigenvalue weighted by atomic mass is 10.1. The number of nitrogens with zero attached hydrogens (tertiary/aromatic N) is 2. The molecule has 1 aliphatic heterocycles. The predicted molar refractivity (Wildman–Crippen MR) is 106 cm³/mol. The number of nitro groups is 1. The molecule has 1 N–H and O–H groups in total. The van der Waals surface area contributed by atoms with Gasteiger partial charge in [0.2, 0.25) is 5.91 Å². The van der Waals surface area contributed by atoms with E-state index in [2.05, 4.69) is 5.32 Å². The van der Waals surface area contributed by atoms with Crippen LogP contribution in [0, 0.1) is 17.0 Å². The molecular weight excluding hydrogens is 382 g/mol. The maximum atomic E-state index is 12.5. The fraction of sp³-hybridized carbons (Fsp3) is 0.105. The summed E-state index contributed by atoms with van der Waals surface area (Å²) >= 11 is 0.765. The quantitative estimate of drug-likeness (QED) is 0.469. The van der Waals surface area contributed by atoms with E-state index in [9.17, 15) is 24.5 Å². The highest BCUT2D eigenvalue weighted by Crippen LogP contribution is 2.32. The van der Waals surface area contributed by atoms with Crippen LogP contribution in [0.4, 0.5) is 16.2 Å². The average molecular weight is 397 g/mol. The lowest BCUT2D eigenvalue weighted by Gasteiger charge is -2.12. The van der Waals surface area contributed by atoms with Crippen LogP contribution in [0.2, 0.25) is 0 Å². The van der Waals surface area contributed by atoms with E-state index in [-0.39, 0.29) is 16.3 Å². The second kappa shape index (κ2) is 8.05. The summed E-state index contributed by atoms with van der Waals surface area (Å²) in [5, 5.41) is 12.7. The van der Waals surface area contributed by atoms with Crippen LogP contribution >= 0.6 is 11.8 Å². The highest BCUT2D eigenvalue weighted by molar-refractivity contribution is 8.18. The largest absolute Gasteiger partial charge is 0.324 e. The van der Waals surface area contributed by atoms with Crippen LogP contribution in [0.5, 0.6) is 0 Å². The zero-order valence-electron chi connectivity index (χ0n) is 14.7. The predicted octanol–water partition coefficient (Wildman–Crippen LogP) is 3.58. The number of imide groups is 1. The van der Waals surface area contributed by atoms with E-state index in [1.165, 1.54) is 24.3 Å². The van der Waals surface area contributed by atoms with E-state index in [4.69, 9.17) is 0 Å². The van der Waals surface area contributed by atoms with E-state index in [0.717, 1.165) is 27.8 Å². The van der Waals surface area contributed by atoms with E-state index in [0.29, 0.717) is 0 Å². The van der Waals surface area contributed by atoms with Gasteiger partial charge in [-0.1, -0.05) is 35.9 Å². The summed E-state index contributed by atoms with van der Waals surface area (Å²) in [7, 11) is 0. The third-order valence-electron chi connectivity index (χ3n) is 3.89. The highest BCUT2D eigenvalue weighted by Gasteiger charge is 2.36. The number of nitro benzene ring substituents is 1. The Labute approximate surface area is 164 Å². The lowest BCUT2D eigenvalue weighted by Crippen LogP contribution is -2.36. The minimum absolute atomic E-state index is 0.176. The van der Waals surface area contributed by atoms with Gasteiger partial charge in [-0.05, 0) is 36.4 Å². The second-order valence-corrected chi connectivity index (χ2v) is 7.03. The number of rotatable bonds is 5. The Balaban J connectivity index is 1.68. The second-order valence-electron chi connectivity index (χ2n) is 6.03. The summed E-state index contributed by atoms with van der Waals surface area (Å²) in [6, 6.07) is 12.8. The third kappa shape index (κ3) is 4.44. The van der Waals surface area contributed by atoms with E-state index >= 15 is 0 Å². The number of benzene rings is 2. The number of carbonyl (C=O) groups excluding carboxylic acids is 3. The first-order valence-electron chi connectivity index (χ1n) is 8.20. The molecule has 9 heteroatoms. The smallest absolute Gasteiger partial charge is 0.294 e. The van der Waals surface area contributed by atoms with E-state index in [1.807, 2.05) is 31.2 Å². The number of hydrogen-bond acceptors (Lipinski definition) is 6. The van der Waals surface area contributed by atoms with Gasteiger partial charge in [0, 0.05) is 17.8 Å². The molecule has 2 aromatic rings. The third-order valence-corrected chi connectivity index (χ3v) is 4.80. The van der Waals surface area contributed by atoms with Crippen molar-refractivity contribution in [2.24, 2.45) is 0 Å². The van der Waals surface area contributed by atoms with Gasteiger partial charge < -0.3 is 5.32 Å². The monoisotopic (exact) mass is 397 g/mol. The van der Waals surface area contributed by atoms with Crippen molar-refractivity contribution in [3.05, 3.63) is 74.7 Å². The molecule has 0 aromatic heterocycles. The van der Waals surface area contributed by atoms with Crippen LogP contribution in [0.3, 0.4) is 0 Å². The Bertz CT molecular complexity index is 1000. The highest BCUT2D eigenvalue weighted by atomic mass is 32.2. The molecule has 1 heterocycles. The molecule has 0 spiro atoms. The molecule has 3 amide bonds. The number of thioether (sulfide) groups is 1. The number of anilines is 1. The SMILES string of the molecule is Cc1ccc(/C=C2\SC(=O)N(CC(=O)Nc3cccc([N+](=O)[O-])c3)C2=O)cc1. The fourth-order valence-corrected chi connectivity index (χ4v) is 3.33. The van der Waals surface area contributed by atoms with Crippen LogP contribution in [0.15, 0.2) is 53.4 Å². The molecule has 0 atom stereocenters. The lowest BCUT2D eigenvalue weighted by molar-refractivity contribution is -0.384. The Morgan fingerprint density at radius 2 is 1.93 bits per heavy atom. The standard InChI is InChI=1S/C19H15N3O5S/c1-12-5-7-13(8-6-12)9-16-18(24)21(19(25)28-16)11-17(23)20-14-3-2-4-15(10-14)22(26)27/h2-10H,11H2,1H3,(H,20,23)/b16-9-. The Morgan fingerprint density at radius 3 is 2.61 bits per heavy atom. The van der Waals surface area contributed by atoms with Gasteiger partial charge in [-0.25, -0.2) is 0 Å². The number of nitrogens with one attached hydrogen (secondary N) is 1. The van der Waals surface area contributed by atoms with E-state index < -0.39 is 28.5 Å². The van der Waals surface area contributed by atoms with Gasteiger partial charge in [0.25, 0.3) is 16.8 Å². The summed E-state index contributed by atoms with van der Waals surface area (Å²) in [5.41, 5.74) is 1.88. The van der Waals surface area contributed by atoms with Crippen LogP contribution in [-0.4, -0.2) is 33.4 Å². The summed E-state index contributed by atoms with van der Waals surface area (Å²) in [6.45, 7) is 1.47. The van der Waals surface area contributed by atoms with Crippen molar-refractivity contribution in [2.75, 3.05) is 11.9 Å². The molecule has 142 valence electrons. The number of aryl methyl sites for hydroxylation is 1. The number of hydrogen-bond donors (Lipinski definition) is 1. The Hall–Kier alpha value is -3.46. The molecule has 0 saturated carbocycles. The molecule has 1 aliphatic rings. The minimum atomic E-state index is -0.626. The summed E-state index contributed by atoms with van der Waals surface area (Å²) in [4.78, 5) is 48.1. The van der Waals surface area contributed by atoms with Gasteiger partial charge in [-0.3, -0.25) is 29.4 Å². The van der Waals surface area contributed by atoms with Crippen molar-refractivity contribution >= 4 is 46.3 Å². The first-order valence-corrected chi connectivity index (χ1v) is 9.01. The van der Waals surface area contributed by atoms with Crippen LogP contribution < -0.4 is 5.32 Å². The number of amides is 3. The minimum Gasteiger partial charge on any atom is -0.324 e. The van der Waals surface area contributed by atoms with Crippen molar-refractivity contribution in [1.29, 1.82) is 0 Å². The van der Waals surface area contributed by atoms with Crippen molar-refractivity contribution in [3.63, 3.8) is 0 Å². The fourth-order valence-electron chi connectivity index (χ4n) is 2.49. The zero-order valence-corrected chi connectivity index (χ0v) is 15.6. The summed E-state index contributed by atoms with van der Waals surface area (Å²) in [5.74, 6) is -1.18. The van der Waals surface area contributed by atoms with Gasteiger partial charge in [-0.2, -0.15) is 0 Å². The van der Waals surface area contributed by atoms with E-state index in [1.54, 1.807) is 6.08 Å². The van der Waals surface area contributed by atoms with Gasteiger partial charge in [0.05, 0.1) is 9.83 Å². The average Bonchev–Trinajstić information content (AvgIpc) is 2.91. The first kappa shape index (κ1) is 19.3. The maximum absolute atomic E-state index is 12.5. The topological polar surface area (TPSA) is 110 Å². The Morgan fingerprint density at radius 1 is 1.21 bits per heavy atom. The van der Waals surface area contributed by atoms with Crippen molar-refractivity contribution in [1.82, 2.24) is 4.90 Å².